The van der Waals surface area contributed by atoms with Gasteiger partial charge in [-0.3, -0.25) is 9.36 Å². The summed E-state index contributed by atoms with van der Waals surface area (Å²) in [6, 6.07) is 5.32. The van der Waals surface area contributed by atoms with Crippen molar-refractivity contribution in [3.05, 3.63) is 63.7 Å². The highest BCUT2D eigenvalue weighted by Crippen LogP contribution is 2.35. The zero-order chi connectivity index (χ0) is 23.7. The Hall–Kier alpha value is -2.89. The van der Waals surface area contributed by atoms with E-state index in [1.54, 1.807) is 6.07 Å². The van der Waals surface area contributed by atoms with Gasteiger partial charge in [-0.05, 0) is 42.5 Å². The molecule has 1 N–H and O–H groups in total. The maximum absolute atomic E-state index is 15.4. The molecule has 0 fully saturated rings. The van der Waals surface area contributed by atoms with E-state index in [4.69, 9.17) is 16.3 Å². The predicted molar refractivity (Wildman–Crippen MR) is 127 cm³/mol. The fourth-order valence-electron chi connectivity index (χ4n) is 3.13. The maximum Gasteiger partial charge on any atom is 0.260 e. The molecule has 7 nitrogen and oxygen atoms in total. The first kappa shape index (κ1) is 23.3. The average Bonchev–Trinajstić information content (AvgIpc) is 2.81. The topological polar surface area (TPSA) is 81.9 Å². The maximum atomic E-state index is 15.4. The largest absolute Gasteiger partial charge is 0.480 e. The van der Waals surface area contributed by atoms with E-state index in [1.165, 1.54) is 55.0 Å². The van der Waals surface area contributed by atoms with Crippen LogP contribution in [0.15, 0.2) is 51.5 Å². The Kier molecular flexibility index (Phi) is 6.73. The van der Waals surface area contributed by atoms with Crippen LogP contribution in [0.4, 0.5) is 14.5 Å². The number of anilines is 1. The van der Waals surface area contributed by atoms with Crippen LogP contribution in [-0.2, 0) is 7.05 Å². The minimum Gasteiger partial charge on any atom is -0.480 e. The van der Waals surface area contributed by atoms with Crippen molar-refractivity contribution in [3.63, 3.8) is 0 Å². The van der Waals surface area contributed by atoms with Gasteiger partial charge in [0.1, 0.15) is 11.5 Å². The van der Waals surface area contributed by atoms with Crippen LogP contribution in [0.2, 0.25) is 5.02 Å². The molecule has 0 aliphatic heterocycles. The summed E-state index contributed by atoms with van der Waals surface area (Å²) in [4.78, 5) is 26.0. The third kappa shape index (κ3) is 4.48. The van der Waals surface area contributed by atoms with E-state index in [0.717, 1.165) is 18.0 Å². The molecule has 3 heterocycles. The van der Waals surface area contributed by atoms with Crippen LogP contribution >= 0.6 is 35.3 Å². The van der Waals surface area contributed by atoms with Gasteiger partial charge in [-0.15, -0.1) is 0 Å². The lowest BCUT2D eigenvalue weighted by Gasteiger charge is -2.14. The molecule has 0 saturated carbocycles. The minimum atomic E-state index is -0.922. The van der Waals surface area contributed by atoms with Crippen molar-refractivity contribution in [2.24, 2.45) is 7.05 Å². The zero-order valence-corrected chi connectivity index (χ0v) is 19.9. The molecule has 0 aliphatic carbocycles. The summed E-state index contributed by atoms with van der Waals surface area (Å²) >= 11 is 8.29. The minimum absolute atomic E-state index is 0.0328. The first-order valence-corrected chi connectivity index (χ1v) is 11.8. The number of benzene rings is 1. The number of halogens is 3. The second-order valence-corrected chi connectivity index (χ2v) is 8.76. The Labute approximate surface area is 200 Å². The summed E-state index contributed by atoms with van der Waals surface area (Å²) in [7, 11) is 2.94. The molecule has 1 aromatic carbocycles. The summed E-state index contributed by atoms with van der Waals surface area (Å²) in [5.74, 6) is -1.51. The molecule has 0 unspecified atom stereocenters. The number of rotatable bonds is 6. The number of hydrogen-bond acceptors (Lipinski definition) is 8. The van der Waals surface area contributed by atoms with Gasteiger partial charge in [-0.2, -0.15) is 0 Å². The Morgan fingerprint density at radius 3 is 2.70 bits per heavy atom. The molecule has 0 aliphatic rings. The van der Waals surface area contributed by atoms with Crippen LogP contribution in [0.5, 0.6) is 5.88 Å². The summed E-state index contributed by atoms with van der Waals surface area (Å²) in [5, 5.41) is 1.33. The number of methoxy groups -OCH3 is 1. The Morgan fingerprint density at radius 1 is 1.18 bits per heavy atom. The number of nitrogens with one attached hydrogen (secondary N) is 1. The van der Waals surface area contributed by atoms with E-state index in [-0.39, 0.29) is 17.1 Å². The van der Waals surface area contributed by atoms with E-state index in [0.29, 0.717) is 26.1 Å². The van der Waals surface area contributed by atoms with Crippen LogP contribution in [-0.4, -0.2) is 32.9 Å². The fraction of sp³-hybridized carbons (Fsp3) is 0.143. The van der Waals surface area contributed by atoms with Gasteiger partial charge in [0.05, 0.1) is 33.8 Å². The average molecular weight is 508 g/mol. The van der Waals surface area contributed by atoms with E-state index < -0.39 is 22.8 Å². The van der Waals surface area contributed by atoms with Gasteiger partial charge in [-0.1, -0.05) is 23.4 Å². The van der Waals surface area contributed by atoms with Crippen molar-refractivity contribution >= 4 is 52.0 Å². The third-order valence-electron chi connectivity index (χ3n) is 4.72. The number of nitrogens with zero attached hydrogens (tertiary/aromatic N) is 4. The van der Waals surface area contributed by atoms with Crippen LogP contribution < -0.4 is 15.0 Å². The second-order valence-electron chi connectivity index (χ2n) is 6.71. The SMILES string of the molecule is COc1ncc(Cl)cc1SNc1ccc(F)c(-c2cc3cnc(SC)nc3n(C)c2=O)c1F. The predicted octanol–water partition coefficient (Wildman–Crippen LogP) is 5.17. The highest BCUT2D eigenvalue weighted by atomic mass is 35.5. The molecule has 4 aromatic rings. The molecular weight excluding hydrogens is 492 g/mol. The lowest BCUT2D eigenvalue weighted by Crippen LogP contribution is -2.21. The molecule has 12 heteroatoms. The number of fused-ring (bicyclic) bond motifs is 1. The first-order valence-electron chi connectivity index (χ1n) is 9.35. The summed E-state index contributed by atoms with van der Waals surface area (Å²) in [5.41, 5.74) is -0.843. The van der Waals surface area contributed by atoms with Gasteiger partial charge < -0.3 is 9.46 Å². The van der Waals surface area contributed by atoms with Crippen molar-refractivity contribution in [2.75, 3.05) is 18.1 Å². The van der Waals surface area contributed by atoms with Crippen LogP contribution in [0, 0.1) is 11.6 Å². The number of hydrogen-bond donors (Lipinski definition) is 1. The Bertz CT molecular complexity index is 1430. The Morgan fingerprint density at radius 2 is 1.97 bits per heavy atom. The third-order valence-corrected chi connectivity index (χ3v) is 6.32. The quantitative estimate of drug-likeness (QED) is 0.217. The van der Waals surface area contributed by atoms with E-state index in [1.807, 2.05) is 6.26 Å². The summed E-state index contributed by atoms with van der Waals surface area (Å²) < 4.78 is 39.5. The van der Waals surface area contributed by atoms with Gasteiger partial charge in [0.15, 0.2) is 11.0 Å². The number of aryl methyl sites for hydroxylation is 1. The second kappa shape index (κ2) is 9.54. The monoisotopic (exact) mass is 507 g/mol. The molecule has 33 heavy (non-hydrogen) atoms. The van der Waals surface area contributed by atoms with Crippen molar-refractivity contribution in [1.82, 2.24) is 19.5 Å². The molecule has 0 atom stereocenters. The smallest absolute Gasteiger partial charge is 0.260 e. The van der Waals surface area contributed by atoms with Crippen molar-refractivity contribution in [2.45, 2.75) is 10.1 Å². The number of ether oxygens (including phenoxy) is 1. The van der Waals surface area contributed by atoms with Gasteiger partial charge in [0.25, 0.3) is 5.56 Å². The molecule has 0 amide bonds. The standard InChI is InChI=1S/C21H16ClF2N5O2S2/c1-29-18-10(8-26-21(27-18)32-3)6-12(20(29)30)16-13(23)4-5-14(17(16)24)28-33-15-7-11(22)9-25-19(15)31-2/h4-9,28H,1-3H3. The van der Waals surface area contributed by atoms with Crippen LogP contribution in [0.25, 0.3) is 22.2 Å². The normalized spacial score (nSPS) is 11.1. The molecule has 4 rings (SSSR count). The van der Waals surface area contributed by atoms with Crippen molar-refractivity contribution in [3.8, 4) is 17.0 Å². The van der Waals surface area contributed by atoms with Gasteiger partial charge in [0.2, 0.25) is 5.88 Å². The number of thioether (sulfide) groups is 1. The zero-order valence-electron chi connectivity index (χ0n) is 17.5. The molecule has 3 aromatic heterocycles. The first-order chi connectivity index (χ1) is 15.8. The Balaban J connectivity index is 1.78. The number of pyridine rings is 2. The molecule has 0 saturated heterocycles. The highest BCUT2D eigenvalue weighted by molar-refractivity contribution is 8.00. The van der Waals surface area contributed by atoms with Gasteiger partial charge in [-0.25, -0.2) is 23.7 Å². The molecular formula is C21H16ClF2N5O2S2. The summed E-state index contributed by atoms with van der Waals surface area (Å²) in [6.07, 6.45) is 4.75. The highest BCUT2D eigenvalue weighted by Gasteiger charge is 2.21. The molecule has 0 spiro atoms. The van der Waals surface area contributed by atoms with Crippen LogP contribution in [0.1, 0.15) is 0 Å². The van der Waals surface area contributed by atoms with Crippen molar-refractivity contribution in [1.29, 1.82) is 0 Å². The van der Waals surface area contributed by atoms with E-state index in [2.05, 4.69) is 19.7 Å². The van der Waals surface area contributed by atoms with Gasteiger partial charge >= 0.3 is 0 Å². The fourth-order valence-corrected chi connectivity index (χ4v) is 4.48. The van der Waals surface area contributed by atoms with Gasteiger partial charge in [0, 0.05) is 24.8 Å². The molecule has 0 radical (unpaired) electrons. The lowest BCUT2D eigenvalue weighted by atomic mass is 10.0. The lowest BCUT2D eigenvalue weighted by molar-refractivity contribution is 0.387. The van der Waals surface area contributed by atoms with Crippen molar-refractivity contribution < 1.29 is 13.5 Å². The molecule has 0 bridgehead atoms. The number of aromatic nitrogens is 4. The van der Waals surface area contributed by atoms with E-state index in [9.17, 15) is 9.18 Å². The van der Waals surface area contributed by atoms with Crippen LogP contribution in [0.3, 0.4) is 0 Å². The van der Waals surface area contributed by atoms with E-state index >= 15 is 4.39 Å². The molecule has 170 valence electrons. The summed E-state index contributed by atoms with van der Waals surface area (Å²) in [6.45, 7) is 0.